The molecule has 2 N–H and O–H groups in total. The number of rotatable bonds is 4. The number of halogens is 2. The van der Waals surface area contributed by atoms with E-state index >= 15 is 0 Å². The summed E-state index contributed by atoms with van der Waals surface area (Å²) in [6, 6.07) is 0. The lowest BCUT2D eigenvalue weighted by molar-refractivity contribution is -0.218. The van der Waals surface area contributed by atoms with E-state index in [0.29, 0.717) is 0 Å². The molecule has 1 aliphatic heterocycles. The zero-order valence-corrected chi connectivity index (χ0v) is 10.1. The molecule has 0 aromatic carbocycles. The number of carboxylic acids is 1. The summed E-state index contributed by atoms with van der Waals surface area (Å²) in [7, 11) is 0. The SMILES string of the molecule is C=CCOC(=O)N1CCCC(O)(C(F)(F)C(=O)O)C1. The van der Waals surface area contributed by atoms with E-state index in [1.807, 2.05) is 0 Å². The van der Waals surface area contributed by atoms with E-state index in [1.54, 1.807) is 0 Å². The van der Waals surface area contributed by atoms with Gasteiger partial charge in [0.05, 0.1) is 6.54 Å². The van der Waals surface area contributed by atoms with Crippen LogP contribution in [0.4, 0.5) is 13.6 Å². The van der Waals surface area contributed by atoms with Gasteiger partial charge in [0, 0.05) is 6.54 Å². The molecule has 1 heterocycles. The highest BCUT2D eigenvalue weighted by Gasteiger charge is 2.60. The van der Waals surface area contributed by atoms with Crippen molar-refractivity contribution >= 4 is 12.1 Å². The van der Waals surface area contributed by atoms with Crippen LogP contribution in [0.1, 0.15) is 12.8 Å². The number of carbonyl (C=O) groups excluding carboxylic acids is 1. The molecule has 0 aliphatic carbocycles. The molecule has 19 heavy (non-hydrogen) atoms. The van der Waals surface area contributed by atoms with Gasteiger partial charge in [-0.25, -0.2) is 9.59 Å². The first-order valence-electron chi connectivity index (χ1n) is 5.61. The van der Waals surface area contributed by atoms with Crippen molar-refractivity contribution in [1.29, 1.82) is 0 Å². The van der Waals surface area contributed by atoms with Crippen molar-refractivity contribution in [3.05, 3.63) is 12.7 Å². The van der Waals surface area contributed by atoms with Crippen LogP contribution in [0.2, 0.25) is 0 Å². The van der Waals surface area contributed by atoms with Crippen LogP contribution in [0.15, 0.2) is 12.7 Å². The van der Waals surface area contributed by atoms with Crippen LogP contribution in [0.25, 0.3) is 0 Å². The van der Waals surface area contributed by atoms with Gasteiger partial charge in [-0.05, 0) is 12.8 Å². The summed E-state index contributed by atoms with van der Waals surface area (Å²) in [5.74, 6) is -6.75. The predicted molar refractivity (Wildman–Crippen MR) is 59.9 cm³/mol. The molecule has 0 aromatic heterocycles. The molecule has 0 bridgehead atoms. The van der Waals surface area contributed by atoms with Crippen LogP contribution in [0, 0.1) is 0 Å². The number of amides is 1. The Morgan fingerprint density at radius 1 is 1.53 bits per heavy atom. The highest BCUT2D eigenvalue weighted by molar-refractivity contribution is 5.77. The van der Waals surface area contributed by atoms with Gasteiger partial charge in [0.25, 0.3) is 0 Å². The summed E-state index contributed by atoms with van der Waals surface area (Å²) in [5.41, 5.74) is -2.79. The second-order valence-corrected chi connectivity index (χ2v) is 4.30. The number of piperidine rings is 1. The quantitative estimate of drug-likeness (QED) is 0.745. The van der Waals surface area contributed by atoms with Crippen molar-refractivity contribution in [2.24, 2.45) is 0 Å². The molecule has 8 heteroatoms. The zero-order chi connectivity index (χ0) is 14.7. The van der Waals surface area contributed by atoms with Gasteiger partial charge in [0.1, 0.15) is 6.61 Å². The van der Waals surface area contributed by atoms with E-state index in [-0.39, 0.29) is 19.6 Å². The molecule has 0 spiro atoms. The van der Waals surface area contributed by atoms with Crippen molar-refractivity contribution < 1.29 is 33.3 Å². The van der Waals surface area contributed by atoms with Crippen LogP contribution >= 0.6 is 0 Å². The molecule has 1 amide bonds. The molecule has 1 rings (SSSR count). The van der Waals surface area contributed by atoms with Gasteiger partial charge in [-0.1, -0.05) is 12.7 Å². The van der Waals surface area contributed by atoms with Gasteiger partial charge < -0.3 is 19.8 Å². The number of aliphatic hydroxyl groups is 1. The minimum atomic E-state index is -4.33. The monoisotopic (exact) mass is 279 g/mol. The van der Waals surface area contributed by atoms with Crippen LogP contribution in [0.3, 0.4) is 0 Å². The van der Waals surface area contributed by atoms with Gasteiger partial charge in [-0.3, -0.25) is 0 Å². The first kappa shape index (κ1) is 15.4. The molecular weight excluding hydrogens is 264 g/mol. The molecule has 1 atom stereocenters. The number of alkyl halides is 2. The minimum absolute atomic E-state index is 0.0581. The molecule has 108 valence electrons. The maximum Gasteiger partial charge on any atom is 0.410 e. The molecular formula is C11H15F2NO5. The van der Waals surface area contributed by atoms with E-state index in [2.05, 4.69) is 11.3 Å². The summed E-state index contributed by atoms with van der Waals surface area (Å²) < 4.78 is 31.6. The highest BCUT2D eigenvalue weighted by atomic mass is 19.3. The summed E-state index contributed by atoms with van der Waals surface area (Å²) >= 11 is 0. The Labute approximate surface area is 108 Å². The van der Waals surface area contributed by atoms with Crippen molar-refractivity contribution in [2.45, 2.75) is 24.4 Å². The van der Waals surface area contributed by atoms with Crippen LogP contribution in [-0.2, 0) is 9.53 Å². The Morgan fingerprint density at radius 2 is 2.16 bits per heavy atom. The van der Waals surface area contributed by atoms with E-state index in [9.17, 15) is 23.5 Å². The maximum atomic E-state index is 13.5. The lowest BCUT2D eigenvalue weighted by Crippen LogP contribution is -2.62. The van der Waals surface area contributed by atoms with E-state index in [4.69, 9.17) is 5.11 Å². The smallest absolute Gasteiger partial charge is 0.410 e. The molecule has 0 radical (unpaired) electrons. The number of β-amino-alcohol motifs (C(OH)–C–C–N with tert-alkyl or cyclic N) is 1. The Kier molecular flexibility index (Phi) is 4.46. The molecule has 1 aliphatic rings. The molecule has 1 fully saturated rings. The molecule has 0 saturated carbocycles. The topological polar surface area (TPSA) is 87.1 Å². The first-order valence-corrected chi connectivity index (χ1v) is 5.61. The number of carbonyl (C=O) groups is 2. The average Bonchev–Trinajstić information content (AvgIpc) is 2.35. The van der Waals surface area contributed by atoms with Gasteiger partial charge in [0.15, 0.2) is 5.60 Å². The number of ether oxygens (including phenoxy) is 1. The van der Waals surface area contributed by atoms with Gasteiger partial charge in [-0.15, -0.1) is 0 Å². The molecule has 6 nitrogen and oxygen atoms in total. The van der Waals surface area contributed by atoms with Crippen LogP contribution < -0.4 is 0 Å². The van der Waals surface area contributed by atoms with Crippen LogP contribution in [0.5, 0.6) is 0 Å². The van der Waals surface area contributed by atoms with Crippen LogP contribution in [-0.4, -0.2) is 58.4 Å². The third-order valence-corrected chi connectivity index (χ3v) is 2.91. The number of hydrogen-bond acceptors (Lipinski definition) is 4. The first-order chi connectivity index (χ1) is 8.74. The largest absolute Gasteiger partial charge is 0.477 e. The van der Waals surface area contributed by atoms with Crippen molar-refractivity contribution in [1.82, 2.24) is 4.90 Å². The Balaban J connectivity index is 2.81. The normalized spacial score (nSPS) is 23.8. The van der Waals surface area contributed by atoms with Gasteiger partial charge in [-0.2, -0.15) is 8.78 Å². The Morgan fingerprint density at radius 3 is 2.68 bits per heavy atom. The average molecular weight is 279 g/mol. The Hall–Kier alpha value is -1.70. The summed E-state index contributed by atoms with van der Waals surface area (Å²) in [6.07, 6.45) is 0.0687. The van der Waals surface area contributed by atoms with Crippen molar-refractivity contribution in [3.8, 4) is 0 Å². The van der Waals surface area contributed by atoms with E-state index < -0.39 is 36.6 Å². The van der Waals surface area contributed by atoms with Gasteiger partial charge >= 0.3 is 18.0 Å². The lowest BCUT2D eigenvalue weighted by atomic mass is 9.86. The minimum Gasteiger partial charge on any atom is -0.477 e. The van der Waals surface area contributed by atoms with Crippen molar-refractivity contribution in [3.63, 3.8) is 0 Å². The Bertz CT molecular complexity index is 387. The fourth-order valence-corrected chi connectivity index (χ4v) is 1.87. The third kappa shape index (κ3) is 3.01. The number of carboxylic acid groups (broad SMARTS) is 1. The number of nitrogens with zero attached hydrogens (tertiary/aromatic N) is 1. The van der Waals surface area contributed by atoms with E-state index in [0.717, 1.165) is 4.90 Å². The summed E-state index contributed by atoms with van der Waals surface area (Å²) in [6.45, 7) is 2.56. The number of aliphatic carboxylic acids is 1. The van der Waals surface area contributed by atoms with Crippen molar-refractivity contribution in [2.75, 3.05) is 19.7 Å². The maximum absolute atomic E-state index is 13.5. The predicted octanol–water partition coefficient (Wildman–Crippen LogP) is 0.856. The zero-order valence-electron chi connectivity index (χ0n) is 10.1. The lowest BCUT2D eigenvalue weighted by Gasteiger charge is -2.40. The second kappa shape index (κ2) is 5.52. The number of likely N-dealkylation sites (tertiary alicyclic amines) is 1. The summed E-state index contributed by atoms with van der Waals surface area (Å²) in [4.78, 5) is 22.9. The summed E-state index contributed by atoms with van der Waals surface area (Å²) in [5, 5.41) is 18.3. The third-order valence-electron chi connectivity index (χ3n) is 2.91. The molecule has 0 aromatic rings. The van der Waals surface area contributed by atoms with Gasteiger partial charge in [0.2, 0.25) is 0 Å². The standard InChI is InChI=1S/C11H15F2NO5/c1-2-6-19-9(17)14-5-3-4-10(18,7-14)11(12,13)8(15)16/h2,18H,1,3-7H2,(H,15,16). The molecule has 1 unspecified atom stereocenters. The highest BCUT2D eigenvalue weighted by Crippen LogP contribution is 2.36. The fraction of sp³-hybridized carbons (Fsp3) is 0.636. The fourth-order valence-electron chi connectivity index (χ4n) is 1.87. The molecule has 1 saturated heterocycles. The second-order valence-electron chi connectivity index (χ2n) is 4.30. The number of hydrogen-bond donors (Lipinski definition) is 2. The van der Waals surface area contributed by atoms with E-state index in [1.165, 1.54) is 6.08 Å².